The van der Waals surface area contributed by atoms with Crippen molar-refractivity contribution >= 4 is 0 Å². The van der Waals surface area contributed by atoms with Crippen LogP contribution in [-0.2, 0) is 4.74 Å². The quantitative estimate of drug-likeness (QED) is 0.698. The first kappa shape index (κ1) is 12.3. The summed E-state index contributed by atoms with van der Waals surface area (Å²) in [6.45, 7) is 5.27. The molecule has 0 aromatic rings. The molecule has 0 aromatic heterocycles. The predicted octanol–water partition coefficient (Wildman–Crippen LogP) is 1.53. The number of hydrogen-bond donors (Lipinski definition) is 2. The summed E-state index contributed by atoms with van der Waals surface area (Å²) in [5.41, 5.74) is 0. The minimum absolute atomic E-state index is 0.438. The topological polar surface area (TPSA) is 33.3 Å². The fourth-order valence-electron chi connectivity index (χ4n) is 2.77. The molecule has 94 valence electrons. The molecule has 1 saturated heterocycles. The molecular weight excluding hydrogens is 200 g/mol. The van der Waals surface area contributed by atoms with E-state index in [2.05, 4.69) is 10.6 Å². The lowest BCUT2D eigenvalue weighted by atomic mass is 9.89. The molecule has 2 aliphatic rings. The predicted molar refractivity (Wildman–Crippen MR) is 66.7 cm³/mol. The van der Waals surface area contributed by atoms with E-state index in [4.69, 9.17) is 4.74 Å². The highest BCUT2D eigenvalue weighted by Gasteiger charge is 2.14. The number of hydrogen-bond acceptors (Lipinski definition) is 3. The fourth-order valence-corrected chi connectivity index (χ4v) is 2.77. The van der Waals surface area contributed by atoms with E-state index in [0.717, 1.165) is 38.6 Å². The van der Waals surface area contributed by atoms with Crippen LogP contribution in [0.2, 0.25) is 0 Å². The van der Waals surface area contributed by atoms with E-state index < -0.39 is 0 Å². The highest BCUT2D eigenvalue weighted by atomic mass is 16.5. The molecule has 1 saturated carbocycles. The molecule has 1 unspecified atom stereocenters. The molecule has 3 heteroatoms. The van der Waals surface area contributed by atoms with Crippen LogP contribution in [0.3, 0.4) is 0 Å². The van der Waals surface area contributed by atoms with Crippen LogP contribution in [0.5, 0.6) is 0 Å². The van der Waals surface area contributed by atoms with Crippen LogP contribution in [0.15, 0.2) is 0 Å². The Bertz CT molecular complexity index is 155. The second-order valence-corrected chi connectivity index (χ2v) is 5.19. The van der Waals surface area contributed by atoms with Gasteiger partial charge in [-0.3, -0.25) is 0 Å². The summed E-state index contributed by atoms with van der Waals surface area (Å²) in [6, 6.07) is 0. The summed E-state index contributed by atoms with van der Waals surface area (Å²) in [7, 11) is 0. The van der Waals surface area contributed by atoms with Crippen molar-refractivity contribution in [3.8, 4) is 0 Å². The zero-order valence-electron chi connectivity index (χ0n) is 10.3. The van der Waals surface area contributed by atoms with Crippen molar-refractivity contribution in [2.75, 3.05) is 32.8 Å². The maximum absolute atomic E-state index is 5.67. The molecule has 1 aliphatic carbocycles. The van der Waals surface area contributed by atoms with Gasteiger partial charge in [-0.25, -0.2) is 0 Å². The van der Waals surface area contributed by atoms with Crippen LogP contribution in [0.1, 0.15) is 38.5 Å². The Hall–Kier alpha value is -0.120. The molecule has 2 fully saturated rings. The average molecular weight is 226 g/mol. The Kier molecular flexibility index (Phi) is 5.59. The smallest absolute Gasteiger partial charge is 0.0712 e. The summed E-state index contributed by atoms with van der Waals surface area (Å²) in [4.78, 5) is 0. The molecule has 0 spiro atoms. The van der Waals surface area contributed by atoms with Gasteiger partial charge in [-0.05, 0) is 38.3 Å². The Morgan fingerprint density at radius 1 is 1.19 bits per heavy atom. The van der Waals surface area contributed by atoms with Crippen molar-refractivity contribution in [3.63, 3.8) is 0 Å². The molecule has 1 heterocycles. The van der Waals surface area contributed by atoms with E-state index in [1.54, 1.807) is 0 Å². The lowest BCUT2D eigenvalue weighted by molar-refractivity contribution is 0.0237. The van der Waals surface area contributed by atoms with Crippen LogP contribution in [0.25, 0.3) is 0 Å². The molecule has 0 radical (unpaired) electrons. The van der Waals surface area contributed by atoms with Gasteiger partial charge in [0.1, 0.15) is 0 Å². The van der Waals surface area contributed by atoms with Gasteiger partial charge in [0.05, 0.1) is 12.7 Å². The number of ether oxygens (including phenoxy) is 1. The van der Waals surface area contributed by atoms with Crippen molar-refractivity contribution in [1.82, 2.24) is 10.6 Å². The number of nitrogens with one attached hydrogen (secondary N) is 2. The first-order valence-corrected chi connectivity index (χ1v) is 6.98. The summed E-state index contributed by atoms with van der Waals surface area (Å²) < 4.78 is 5.67. The van der Waals surface area contributed by atoms with Crippen LogP contribution >= 0.6 is 0 Å². The van der Waals surface area contributed by atoms with Crippen molar-refractivity contribution < 1.29 is 4.74 Å². The molecule has 2 N–H and O–H groups in total. The number of morpholine rings is 1. The zero-order chi connectivity index (χ0) is 11.1. The van der Waals surface area contributed by atoms with Gasteiger partial charge in [0.2, 0.25) is 0 Å². The molecule has 1 atom stereocenters. The van der Waals surface area contributed by atoms with Crippen LogP contribution in [0, 0.1) is 5.92 Å². The largest absolute Gasteiger partial charge is 0.376 e. The van der Waals surface area contributed by atoms with E-state index in [1.807, 2.05) is 0 Å². The van der Waals surface area contributed by atoms with Crippen LogP contribution in [0.4, 0.5) is 0 Å². The third-order valence-corrected chi connectivity index (χ3v) is 3.81. The van der Waals surface area contributed by atoms with Gasteiger partial charge in [-0.15, -0.1) is 0 Å². The standard InChI is InChI=1S/C13H26N2O/c1-2-4-12(5-3-1)10-14-7-6-13-11-15-8-9-16-13/h12-15H,1-11H2. The van der Waals surface area contributed by atoms with E-state index in [-0.39, 0.29) is 0 Å². The molecule has 1 aliphatic heterocycles. The Labute approximate surface area is 99.3 Å². The molecule has 0 bridgehead atoms. The first-order valence-electron chi connectivity index (χ1n) is 6.98. The van der Waals surface area contributed by atoms with E-state index >= 15 is 0 Å². The summed E-state index contributed by atoms with van der Waals surface area (Å²) in [6.07, 6.45) is 8.82. The molecular formula is C13H26N2O. The van der Waals surface area contributed by atoms with Gasteiger partial charge in [0.25, 0.3) is 0 Å². The van der Waals surface area contributed by atoms with Crippen LogP contribution < -0.4 is 10.6 Å². The second-order valence-electron chi connectivity index (χ2n) is 5.19. The Morgan fingerprint density at radius 3 is 2.81 bits per heavy atom. The van der Waals surface area contributed by atoms with Crippen molar-refractivity contribution in [1.29, 1.82) is 0 Å². The first-order chi connectivity index (χ1) is 7.95. The van der Waals surface area contributed by atoms with E-state index in [9.17, 15) is 0 Å². The summed E-state index contributed by atoms with van der Waals surface area (Å²) >= 11 is 0. The average Bonchev–Trinajstić information content (AvgIpc) is 2.37. The minimum Gasteiger partial charge on any atom is -0.376 e. The normalized spacial score (nSPS) is 28.1. The molecule has 0 aromatic carbocycles. The Balaban J connectivity index is 1.47. The minimum atomic E-state index is 0.438. The highest BCUT2D eigenvalue weighted by Crippen LogP contribution is 2.22. The second kappa shape index (κ2) is 7.25. The van der Waals surface area contributed by atoms with Crippen LogP contribution in [-0.4, -0.2) is 38.9 Å². The van der Waals surface area contributed by atoms with Gasteiger partial charge in [-0.1, -0.05) is 19.3 Å². The molecule has 2 rings (SSSR count). The summed E-state index contributed by atoms with van der Waals surface area (Å²) in [5, 5.41) is 6.97. The van der Waals surface area contributed by atoms with Crippen molar-refractivity contribution in [2.45, 2.75) is 44.6 Å². The third kappa shape index (κ3) is 4.40. The summed E-state index contributed by atoms with van der Waals surface area (Å²) in [5.74, 6) is 0.944. The molecule has 0 amide bonds. The van der Waals surface area contributed by atoms with Gasteiger partial charge in [0, 0.05) is 13.1 Å². The van der Waals surface area contributed by atoms with E-state index in [0.29, 0.717) is 6.10 Å². The fraction of sp³-hybridized carbons (Fsp3) is 1.00. The monoisotopic (exact) mass is 226 g/mol. The van der Waals surface area contributed by atoms with Gasteiger partial charge >= 0.3 is 0 Å². The van der Waals surface area contributed by atoms with Gasteiger partial charge < -0.3 is 15.4 Å². The highest BCUT2D eigenvalue weighted by molar-refractivity contribution is 4.71. The number of rotatable bonds is 5. The lowest BCUT2D eigenvalue weighted by Crippen LogP contribution is -2.40. The maximum atomic E-state index is 5.67. The van der Waals surface area contributed by atoms with Crippen molar-refractivity contribution in [3.05, 3.63) is 0 Å². The zero-order valence-corrected chi connectivity index (χ0v) is 10.3. The van der Waals surface area contributed by atoms with Gasteiger partial charge in [-0.2, -0.15) is 0 Å². The van der Waals surface area contributed by atoms with Gasteiger partial charge in [0.15, 0.2) is 0 Å². The molecule has 3 nitrogen and oxygen atoms in total. The van der Waals surface area contributed by atoms with Crippen molar-refractivity contribution in [2.24, 2.45) is 5.92 Å². The van der Waals surface area contributed by atoms with E-state index in [1.165, 1.54) is 38.6 Å². The molecule has 16 heavy (non-hydrogen) atoms. The maximum Gasteiger partial charge on any atom is 0.0712 e. The Morgan fingerprint density at radius 2 is 2.06 bits per heavy atom. The third-order valence-electron chi connectivity index (χ3n) is 3.81. The lowest BCUT2D eigenvalue weighted by Gasteiger charge is -2.25. The SMILES string of the molecule is C1CCC(CNCCC2CNCCO2)CC1.